The van der Waals surface area contributed by atoms with E-state index in [0.29, 0.717) is 11.4 Å². The molecular formula is C15H17ClFNO. The van der Waals surface area contributed by atoms with Crippen molar-refractivity contribution in [2.24, 2.45) is 0 Å². The summed E-state index contributed by atoms with van der Waals surface area (Å²) in [5.41, 5.74) is 0.906. The quantitative estimate of drug-likeness (QED) is 0.885. The zero-order valence-electron chi connectivity index (χ0n) is 11.0. The summed E-state index contributed by atoms with van der Waals surface area (Å²) in [6, 6.07) is 8.43. The summed E-state index contributed by atoms with van der Waals surface area (Å²) in [6.45, 7) is 4.77. The Kier molecular flexibility index (Phi) is 4.61. The molecule has 1 aromatic carbocycles. The molecule has 1 atom stereocenters. The molecule has 0 aliphatic rings. The first-order valence-electron chi connectivity index (χ1n) is 6.33. The fourth-order valence-electron chi connectivity index (χ4n) is 2.07. The zero-order chi connectivity index (χ0) is 13.8. The number of likely N-dealkylation sites (N-methyl/N-ethyl adjacent to an activating group) is 1. The maximum Gasteiger partial charge on any atom is 0.124 e. The summed E-state index contributed by atoms with van der Waals surface area (Å²) in [5, 5.41) is 3.81. The number of furan rings is 1. The average Bonchev–Trinajstić information content (AvgIpc) is 2.78. The van der Waals surface area contributed by atoms with E-state index in [0.717, 1.165) is 23.6 Å². The summed E-state index contributed by atoms with van der Waals surface area (Å²) in [6.07, 6.45) is 0.667. The van der Waals surface area contributed by atoms with Crippen molar-refractivity contribution in [1.29, 1.82) is 0 Å². The molecule has 102 valence electrons. The number of halogens is 2. The van der Waals surface area contributed by atoms with Gasteiger partial charge in [-0.05, 0) is 49.7 Å². The van der Waals surface area contributed by atoms with Crippen molar-refractivity contribution in [3.8, 4) is 0 Å². The minimum atomic E-state index is -0.317. The maximum absolute atomic E-state index is 13.0. The first kappa shape index (κ1) is 14.1. The van der Waals surface area contributed by atoms with Gasteiger partial charge in [-0.15, -0.1) is 0 Å². The fourth-order valence-corrected chi connectivity index (χ4v) is 2.31. The number of aryl methyl sites for hydroxylation is 1. The molecule has 1 heterocycles. The van der Waals surface area contributed by atoms with E-state index in [2.05, 4.69) is 5.32 Å². The molecule has 2 aromatic rings. The Morgan fingerprint density at radius 1 is 1.32 bits per heavy atom. The van der Waals surface area contributed by atoms with Gasteiger partial charge in [0.15, 0.2) is 0 Å². The van der Waals surface area contributed by atoms with E-state index in [9.17, 15) is 4.39 Å². The van der Waals surface area contributed by atoms with E-state index < -0.39 is 0 Å². The summed E-state index contributed by atoms with van der Waals surface area (Å²) >= 11 is 6.07. The summed E-state index contributed by atoms with van der Waals surface area (Å²) in [7, 11) is 0. The molecule has 0 aliphatic heterocycles. The minimum absolute atomic E-state index is 0.0432. The van der Waals surface area contributed by atoms with Crippen LogP contribution < -0.4 is 5.32 Å². The number of nitrogens with one attached hydrogen (secondary N) is 1. The molecule has 2 rings (SSSR count). The predicted octanol–water partition coefficient (Wildman–Crippen LogP) is 4.27. The molecule has 0 saturated heterocycles. The molecule has 0 spiro atoms. The third kappa shape index (κ3) is 3.58. The second-order valence-corrected chi connectivity index (χ2v) is 4.91. The molecule has 1 aromatic heterocycles. The minimum Gasteiger partial charge on any atom is -0.465 e. The second-order valence-electron chi connectivity index (χ2n) is 4.50. The Balaban J connectivity index is 2.21. The van der Waals surface area contributed by atoms with E-state index in [1.165, 1.54) is 12.1 Å². The Bertz CT molecular complexity index is 553. The van der Waals surface area contributed by atoms with Gasteiger partial charge in [0, 0.05) is 5.02 Å². The van der Waals surface area contributed by atoms with Crippen molar-refractivity contribution in [2.75, 3.05) is 6.54 Å². The molecule has 0 saturated carbocycles. The first-order chi connectivity index (χ1) is 9.10. The number of rotatable bonds is 5. The van der Waals surface area contributed by atoms with Gasteiger partial charge in [-0.3, -0.25) is 0 Å². The SMILES string of the molecule is CCNC(Cc1ccc(F)cc1Cl)c1ccc(C)o1. The van der Waals surface area contributed by atoms with E-state index >= 15 is 0 Å². The molecule has 1 N–H and O–H groups in total. The molecule has 0 amide bonds. The van der Waals surface area contributed by atoms with Crippen LogP contribution in [0.1, 0.15) is 30.0 Å². The second kappa shape index (κ2) is 6.22. The molecule has 2 nitrogen and oxygen atoms in total. The molecule has 4 heteroatoms. The zero-order valence-corrected chi connectivity index (χ0v) is 11.8. The normalized spacial score (nSPS) is 12.6. The lowest BCUT2D eigenvalue weighted by Gasteiger charge is -2.16. The van der Waals surface area contributed by atoms with Gasteiger partial charge in [0.25, 0.3) is 0 Å². The van der Waals surface area contributed by atoms with Crippen molar-refractivity contribution in [3.05, 3.63) is 58.3 Å². The summed E-state index contributed by atoms with van der Waals surface area (Å²) in [4.78, 5) is 0. The van der Waals surface area contributed by atoms with Crippen LogP contribution in [0.2, 0.25) is 5.02 Å². The van der Waals surface area contributed by atoms with Gasteiger partial charge >= 0.3 is 0 Å². The van der Waals surface area contributed by atoms with Crippen LogP contribution in [0, 0.1) is 12.7 Å². The van der Waals surface area contributed by atoms with E-state index in [1.807, 2.05) is 26.0 Å². The number of hydrogen-bond acceptors (Lipinski definition) is 2. The predicted molar refractivity (Wildman–Crippen MR) is 75.0 cm³/mol. The Hall–Kier alpha value is -1.32. The molecular weight excluding hydrogens is 265 g/mol. The van der Waals surface area contributed by atoms with E-state index in [1.54, 1.807) is 6.07 Å². The fraction of sp³-hybridized carbons (Fsp3) is 0.333. The van der Waals surface area contributed by atoms with Crippen molar-refractivity contribution in [2.45, 2.75) is 26.3 Å². The summed E-state index contributed by atoms with van der Waals surface area (Å²) in [5.74, 6) is 1.44. The lowest BCUT2D eigenvalue weighted by Crippen LogP contribution is -2.22. The molecule has 19 heavy (non-hydrogen) atoms. The van der Waals surface area contributed by atoms with Crippen molar-refractivity contribution < 1.29 is 8.81 Å². The van der Waals surface area contributed by atoms with E-state index in [-0.39, 0.29) is 11.9 Å². The van der Waals surface area contributed by atoms with Gasteiger partial charge < -0.3 is 9.73 Å². The first-order valence-corrected chi connectivity index (χ1v) is 6.71. The van der Waals surface area contributed by atoms with Gasteiger partial charge in [-0.25, -0.2) is 4.39 Å². The Labute approximate surface area is 117 Å². The van der Waals surface area contributed by atoms with Crippen LogP contribution in [0.25, 0.3) is 0 Å². The Morgan fingerprint density at radius 2 is 2.11 bits per heavy atom. The smallest absolute Gasteiger partial charge is 0.124 e. The van der Waals surface area contributed by atoms with Crippen molar-refractivity contribution in [1.82, 2.24) is 5.32 Å². The highest BCUT2D eigenvalue weighted by Crippen LogP contribution is 2.25. The van der Waals surface area contributed by atoms with Gasteiger partial charge in [0.1, 0.15) is 17.3 Å². The standard InChI is InChI=1S/C15H17ClFNO/c1-3-18-14(15-7-4-10(2)19-15)8-11-5-6-12(17)9-13(11)16/h4-7,9,14,18H,3,8H2,1-2H3. The summed E-state index contributed by atoms with van der Waals surface area (Å²) < 4.78 is 18.7. The third-order valence-electron chi connectivity index (χ3n) is 2.99. The van der Waals surface area contributed by atoms with Gasteiger partial charge in [-0.1, -0.05) is 24.6 Å². The van der Waals surface area contributed by atoms with Crippen LogP contribution >= 0.6 is 11.6 Å². The topological polar surface area (TPSA) is 25.2 Å². The highest BCUT2D eigenvalue weighted by atomic mass is 35.5. The van der Waals surface area contributed by atoms with Crippen molar-refractivity contribution in [3.63, 3.8) is 0 Å². The van der Waals surface area contributed by atoms with Gasteiger partial charge in [0.2, 0.25) is 0 Å². The third-order valence-corrected chi connectivity index (χ3v) is 3.35. The molecule has 0 radical (unpaired) electrons. The number of hydrogen-bond donors (Lipinski definition) is 1. The average molecular weight is 282 g/mol. The highest BCUT2D eigenvalue weighted by Gasteiger charge is 2.16. The number of benzene rings is 1. The van der Waals surface area contributed by atoms with Crippen molar-refractivity contribution >= 4 is 11.6 Å². The molecule has 0 fully saturated rings. The lowest BCUT2D eigenvalue weighted by molar-refractivity contribution is 0.403. The van der Waals surface area contributed by atoms with Crippen LogP contribution in [0.3, 0.4) is 0 Å². The maximum atomic E-state index is 13.0. The molecule has 1 unspecified atom stereocenters. The largest absolute Gasteiger partial charge is 0.465 e. The molecule has 0 aliphatic carbocycles. The van der Waals surface area contributed by atoms with Crippen LogP contribution in [0.4, 0.5) is 4.39 Å². The monoisotopic (exact) mass is 281 g/mol. The van der Waals surface area contributed by atoms with Crippen LogP contribution in [0.15, 0.2) is 34.7 Å². The van der Waals surface area contributed by atoms with Crippen LogP contribution in [-0.2, 0) is 6.42 Å². The lowest BCUT2D eigenvalue weighted by atomic mass is 10.0. The van der Waals surface area contributed by atoms with Gasteiger partial charge in [-0.2, -0.15) is 0 Å². The van der Waals surface area contributed by atoms with Crippen LogP contribution in [0.5, 0.6) is 0 Å². The highest BCUT2D eigenvalue weighted by molar-refractivity contribution is 6.31. The van der Waals surface area contributed by atoms with Gasteiger partial charge in [0.05, 0.1) is 6.04 Å². The Morgan fingerprint density at radius 3 is 2.68 bits per heavy atom. The van der Waals surface area contributed by atoms with Crippen LogP contribution in [-0.4, -0.2) is 6.54 Å². The molecule has 0 bridgehead atoms. The van der Waals surface area contributed by atoms with E-state index in [4.69, 9.17) is 16.0 Å².